The summed E-state index contributed by atoms with van der Waals surface area (Å²) in [4.78, 5) is 25.2. The molecule has 1 amide bonds. The second-order valence-electron chi connectivity index (χ2n) is 28.8. The normalized spacial score (nSPS) is 17.6. The SMILES string of the molecule is CCCCC/C=C\C/C=C\CCCCCCCC(=O)OCCCCCCCCCCCCCCCCCCCC/C=C\CCCCCCCCCCCCCCCCCCCC(=O)NC(COC1OC(CO)C(O)C(O)C1O)C(O)/C=C/CCCCCCCCCCCCC. The molecule has 6 N–H and O–H groups in total. The predicted molar refractivity (Wildman–Crippen MR) is 403 cm³/mol. The molecule has 0 saturated carbocycles. The van der Waals surface area contributed by atoms with Crippen LogP contribution in [-0.4, -0.2) is 100 Å². The Hall–Kier alpha value is -2.38. The lowest BCUT2D eigenvalue weighted by Crippen LogP contribution is -2.60. The average Bonchev–Trinajstić information content (AvgIpc) is 0.836. The number of carbonyl (C=O) groups excluding carboxylic acids is 2. The summed E-state index contributed by atoms with van der Waals surface area (Å²) in [5.74, 6) is -0.172. The number of carbonyl (C=O) groups is 2. The lowest BCUT2D eigenvalue weighted by atomic mass is 9.99. The van der Waals surface area contributed by atoms with Gasteiger partial charge in [0.2, 0.25) is 5.91 Å². The Morgan fingerprint density at radius 3 is 1.09 bits per heavy atom. The fraction of sp³-hybridized carbons (Fsp3) is 0.881. The first-order valence-corrected chi connectivity index (χ1v) is 41.4. The van der Waals surface area contributed by atoms with Gasteiger partial charge in [-0.25, -0.2) is 0 Å². The zero-order valence-corrected chi connectivity index (χ0v) is 62.4. The molecule has 95 heavy (non-hydrogen) atoms. The van der Waals surface area contributed by atoms with E-state index in [4.69, 9.17) is 14.2 Å². The van der Waals surface area contributed by atoms with Crippen LogP contribution in [0.4, 0.5) is 0 Å². The first-order valence-electron chi connectivity index (χ1n) is 41.4. The van der Waals surface area contributed by atoms with Crippen LogP contribution >= 0.6 is 0 Å². The van der Waals surface area contributed by atoms with Crippen LogP contribution in [0.3, 0.4) is 0 Å². The van der Waals surface area contributed by atoms with Gasteiger partial charge in [-0.15, -0.1) is 0 Å². The summed E-state index contributed by atoms with van der Waals surface area (Å²) in [7, 11) is 0. The predicted octanol–water partition coefficient (Wildman–Crippen LogP) is 22.6. The van der Waals surface area contributed by atoms with Crippen LogP contribution in [0.1, 0.15) is 412 Å². The van der Waals surface area contributed by atoms with E-state index in [2.05, 4.69) is 55.6 Å². The molecule has 0 aromatic rings. The summed E-state index contributed by atoms with van der Waals surface area (Å²) in [6.45, 7) is 4.36. The highest BCUT2D eigenvalue weighted by Crippen LogP contribution is 2.24. The molecule has 11 nitrogen and oxygen atoms in total. The Bertz CT molecular complexity index is 1720. The quantitative estimate of drug-likeness (QED) is 0.0195. The molecule has 0 bridgehead atoms. The summed E-state index contributed by atoms with van der Waals surface area (Å²) in [6, 6.07) is -0.807. The Morgan fingerprint density at radius 1 is 0.389 bits per heavy atom. The van der Waals surface area contributed by atoms with Gasteiger partial charge < -0.3 is 45.1 Å². The lowest BCUT2D eigenvalue weighted by Gasteiger charge is -2.40. The monoisotopic (exact) mass is 1340 g/mol. The van der Waals surface area contributed by atoms with Crippen LogP contribution < -0.4 is 5.32 Å². The number of ether oxygens (including phenoxy) is 3. The largest absolute Gasteiger partial charge is 0.466 e. The first-order chi connectivity index (χ1) is 46.7. The molecule has 1 heterocycles. The molecule has 558 valence electrons. The summed E-state index contributed by atoms with van der Waals surface area (Å²) in [5.41, 5.74) is 0. The third-order valence-corrected chi connectivity index (χ3v) is 19.7. The van der Waals surface area contributed by atoms with Crippen molar-refractivity contribution in [3.8, 4) is 0 Å². The maximum atomic E-state index is 13.1. The minimum Gasteiger partial charge on any atom is -0.466 e. The number of unbranched alkanes of at least 4 members (excludes halogenated alkanes) is 54. The summed E-state index contributed by atoms with van der Waals surface area (Å²) >= 11 is 0. The Balaban J connectivity index is 1.88. The highest BCUT2D eigenvalue weighted by molar-refractivity contribution is 5.76. The smallest absolute Gasteiger partial charge is 0.305 e. The zero-order chi connectivity index (χ0) is 68.6. The molecule has 1 fully saturated rings. The van der Waals surface area contributed by atoms with E-state index in [1.165, 1.54) is 321 Å². The molecule has 11 heteroatoms. The van der Waals surface area contributed by atoms with E-state index in [0.29, 0.717) is 19.4 Å². The van der Waals surface area contributed by atoms with Gasteiger partial charge in [-0.05, 0) is 89.9 Å². The number of hydrogen-bond donors (Lipinski definition) is 6. The highest BCUT2D eigenvalue weighted by atomic mass is 16.7. The number of esters is 1. The van der Waals surface area contributed by atoms with E-state index in [9.17, 15) is 35.1 Å². The molecular weight excluding hydrogens is 1180 g/mol. The maximum absolute atomic E-state index is 13.1. The van der Waals surface area contributed by atoms with Gasteiger partial charge in [-0.2, -0.15) is 0 Å². The van der Waals surface area contributed by atoms with Gasteiger partial charge in [-0.1, -0.05) is 358 Å². The Labute approximate surface area is 586 Å². The van der Waals surface area contributed by atoms with E-state index in [-0.39, 0.29) is 18.5 Å². The summed E-state index contributed by atoms with van der Waals surface area (Å²) in [5, 5.41) is 54.6. The number of aliphatic hydroxyl groups is 5. The molecule has 0 aliphatic carbocycles. The minimum absolute atomic E-state index is 0.00309. The van der Waals surface area contributed by atoms with Crippen molar-refractivity contribution in [1.82, 2.24) is 5.32 Å². The first kappa shape index (κ1) is 90.6. The third kappa shape index (κ3) is 61.2. The highest BCUT2D eigenvalue weighted by Gasteiger charge is 2.44. The van der Waals surface area contributed by atoms with Crippen LogP contribution in [0.25, 0.3) is 0 Å². The van der Waals surface area contributed by atoms with E-state index < -0.39 is 49.5 Å². The number of aliphatic hydroxyl groups excluding tert-OH is 5. The van der Waals surface area contributed by atoms with E-state index in [1.807, 2.05) is 6.08 Å². The third-order valence-electron chi connectivity index (χ3n) is 19.7. The number of nitrogens with one attached hydrogen (secondary N) is 1. The van der Waals surface area contributed by atoms with E-state index >= 15 is 0 Å². The maximum Gasteiger partial charge on any atom is 0.305 e. The zero-order valence-electron chi connectivity index (χ0n) is 62.4. The van der Waals surface area contributed by atoms with Crippen LogP contribution in [0.5, 0.6) is 0 Å². The minimum atomic E-state index is -1.57. The van der Waals surface area contributed by atoms with Gasteiger partial charge in [0.1, 0.15) is 24.4 Å². The number of allylic oxidation sites excluding steroid dienone is 7. The van der Waals surface area contributed by atoms with Crippen molar-refractivity contribution in [2.45, 2.75) is 455 Å². The molecule has 0 aromatic carbocycles. The van der Waals surface area contributed by atoms with Gasteiger partial charge >= 0.3 is 5.97 Å². The molecule has 1 rings (SSSR count). The molecule has 1 aliphatic heterocycles. The van der Waals surface area contributed by atoms with E-state index in [0.717, 1.165) is 64.2 Å². The average molecular weight is 1340 g/mol. The Kier molecular flexibility index (Phi) is 69.5. The van der Waals surface area contributed by atoms with Crippen molar-refractivity contribution >= 4 is 11.9 Å². The lowest BCUT2D eigenvalue weighted by molar-refractivity contribution is -0.302. The van der Waals surface area contributed by atoms with Crippen molar-refractivity contribution < 1.29 is 49.3 Å². The molecule has 0 spiro atoms. The number of hydrogen-bond acceptors (Lipinski definition) is 10. The standard InChI is InChI=1S/C84H157NO10/c1-3-5-7-9-11-13-15-17-43-48-52-56-60-64-68-72-80(89)93-73-69-65-61-57-53-49-45-42-40-38-36-34-32-30-28-26-24-22-20-18-19-21-23-25-27-29-31-33-35-37-39-41-44-47-51-55-59-63-67-71-79(88)85-76(75-94-84-83(92)82(91)81(90)78(74-86)95-84)77(87)70-66-62-58-54-50-46-16-14-12-10-8-6-4-2/h11,13,17-19,43,66,70,76-78,81-84,86-87,90-92H,3-10,12,14-16,20-42,44-65,67-69,71-75H2,1-2H3,(H,85,88)/b13-11-,19-18-,43-17-,70-66+. The summed E-state index contributed by atoms with van der Waals surface area (Å²) in [6.07, 6.45) is 87.2. The van der Waals surface area contributed by atoms with Crippen molar-refractivity contribution in [2.75, 3.05) is 19.8 Å². The van der Waals surface area contributed by atoms with E-state index in [1.54, 1.807) is 6.08 Å². The molecular formula is C84H157NO10. The van der Waals surface area contributed by atoms with Crippen LogP contribution in [0, 0.1) is 0 Å². The number of rotatable bonds is 74. The van der Waals surface area contributed by atoms with Crippen LogP contribution in [-0.2, 0) is 23.8 Å². The van der Waals surface area contributed by atoms with Crippen LogP contribution in [0.2, 0.25) is 0 Å². The summed E-state index contributed by atoms with van der Waals surface area (Å²) < 4.78 is 16.8. The van der Waals surface area contributed by atoms with Gasteiger partial charge in [0.05, 0.1) is 32.0 Å². The topological polar surface area (TPSA) is 175 Å². The molecule has 1 saturated heterocycles. The van der Waals surface area contributed by atoms with Gasteiger partial charge in [0.25, 0.3) is 0 Å². The Morgan fingerprint density at radius 2 is 0.705 bits per heavy atom. The van der Waals surface area contributed by atoms with Gasteiger partial charge in [-0.3, -0.25) is 9.59 Å². The molecule has 0 aromatic heterocycles. The number of amides is 1. The fourth-order valence-electron chi connectivity index (χ4n) is 13.2. The second-order valence-corrected chi connectivity index (χ2v) is 28.8. The van der Waals surface area contributed by atoms with Gasteiger partial charge in [0.15, 0.2) is 6.29 Å². The molecule has 7 unspecified atom stereocenters. The second kappa shape index (κ2) is 72.9. The van der Waals surface area contributed by atoms with Crippen molar-refractivity contribution in [2.24, 2.45) is 0 Å². The fourth-order valence-corrected chi connectivity index (χ4v) is 13.2. The van der Waals surface area contributed by atoms with Crippen molar-refractivity contribution in [3.63, 3.8) is 0 Å². The van der Waals surface area contributed by atoms with Gasteiger partial charge in [0, 0.05) is 12.8 Å². The van der Waals surface area contributed by atoms with Crippen molar-refractivity contribution in [3.05, 3.63) is 48.6 Å². The van der Waals surface area contributed by atoms with Crippen LogP contribution in [0.15, 0.2) is 48.6 Å². The molecule has 0 radical (unpaired) electrons. The van der Waals surface area contributed by atoms with Crippen molar-refractivity contribution in [1.29, 1.82) is 0 Å². The molecule has 1 aliphatic rings. The molecule has 7 atom stereocenters.